The van der Waals surface area contributed by atoms with Crippen molar-refractivity contribution in [3.63, 3.8) is 0 Å². The monoisotopic (exact) mass is 559 g/mol. The van der Waals surface area contributed by atoms with Crippen LogP contribution in [0.3, 0.4) is 0 Å². The fourth-order valence-corrected chi connectivity index (χ4v) is 7.64. The number of nitro benzene ring substituents is 1. The summed E-state index contributed by atoms with van der Waals surface area (Å²) in [5.74, 6) is -2.14. The Morgan fingerprint density at radius 1 is 1.00 bits per heavy atom. The molecule has 0 aliphatic carbocycles. The van der Waals surface area contributed by atoms with E-state index in [0.717, 1.165) is 34.2 Å². The van der Waals surface area contributed by atoms with Crippen molar-refractivity contribution in [2.24, 2.45) is 5.92 Å². The molecule has 2 unspecified atom stereocenters. The Labute approximate surface area is 230 Å². The van der Waals surface area contributed by atoms with Crippen molar-refractivity contribution in [1.29, 1.82) is 0 Å². The predicted molar refractivity (Wildman–Crippen MR) is 147 cm³/mol. The fraction of sp³-hybridized carbons (Fsp3) is 0.179. The number of thioether (sulfide) groups is 1. The molecule has 9 nitrogen and oxygen atoms in total. The number of nitrogens with one attached hydrogen (secondary N) is 1. The van der Waals surface area contributed by atoms with Gasteiger partial charge >= 0.3 is 4.87 Å². The first-order valence-electron chi connectivity index (χ1n) is 12.1. The third-order valence-electron chi connectivity index (χ3n) is 7.02. The summed E-state index contributed by atoms with van der Waals surface area (Å²) in [5, 5.41) is 11.5. The van der Waals surface area contributed by atoms with E-state index in [-0.39, 0.29) is 17.2 Å². The van der Waals surface area contributed by atoms with Crippen LogP contribution in [0.4, 0.5) is 11.4 Å². The number of nitro groups is 1. The average molecular weight is 560 g/mol. The summed E-state index contributed by atoms with van der Waals surface area (Å²) in [6.45, 7) is 2.16. The largest absolute Gasteiger partial charge is 0.489 e. The Balaban J connectivity index is 1.49. The van der Waals surface area contributed by atoms with Gasteiger partial charge in [-0.1, -0.05) is 65.6 Å². The van der Waals surface area contributed by atoms with Gasteiger partial charge in [0.25, 0.3) is 5.69 Å². The van der Waals surface area contributed by atoms with Crippen LogP contribution < -0.4 is 14.5 Å². The minimum Gasteiger partial charge on any atom is -0.489 e. The second kappa shape index (κ2) is 9.83. The van der Waals surface area contributed by atoms with Crippen LogP contribution >= 0.6 is 23.1 Å². The van der Waals surface area contributed by atoms with Crippen molar-refractivity contribution in [2.75, 3.05) is 4.90 Å². The zero-order valence-electron chi connectivity index (χ0n) is 20.5. The molecule has 2 aliphatic rings. The van der Waals surface area contributed by atoms with Crippen molar-refractivity contribution >= 4 is 46.3 Å². The van der Waals surface area contributed by atoms with Crippen LogP contribution in [-0.4, -0.2) is 27.0 Å². The molecule has 0 bridgehead atoms. The number of nitrogens with zero attached hydrogens (tertiary/aromatic N) is 2. The molecule has 11 heteroatoms. The number of ether oxygens (including phenoxy) is 1. The molecule has 3 aromatic carbocycles. The number of hydrogen-bond donors (Lipinski definition) is 1. The highest BCUT2D eigenvalue weighted by Gasteiger charge is 2.57. The molecule has 4 aromatic rings. The summed E-state index contributed by atoms with van der Waals surface area (Å²) in [6, 6.07) is 20.6. The fourth-order valence-electron chi connectivity index (χ4n) is 5.14. The molecular weight excluding hydrogens is 538 g/mol. The van der Waals surface area contributed by atoms with E-state index < -0.39 is 33.8 Å². The van der Waals surface area contributed by atoms with E-state index in [1.54, 1.807) is 30.3 Å². The van der Waals surface area contributed by atoms with Crippen molar-refractivity contribution in [3.05, 3.63) is 114 Å². The Kier molecular flexibility index (Phi) is 6.32. The Hall–Kier alpha value is -4.22. The number of aromatic amines is 1. The van der Waals surface area contributed by atoms with E-state index >= 15 is 0 Å². The number of benzene rings is 3. The summed E-state index contributed by atoms with van der Waals surface area (Å²) >= 11 is 2.10. The second-order valence-corrected chi connectivity index (χ2v) is 11.5. The number of hydrogen-bond acceptors (Lipinski definition) is 8. The van der Waals surface area contributed by atoms with Crippen LogP contribution in [0.1, 0.15) is 27.5 Å². The number of H-pyrrole nitrogens is 1. The molecule has 2 amide bonds. The third kappa shape index (κ3) is 4.33. The standard InChI is InChI=1S/C28H21N3O6S2/c1-15-7-5-6-8-16(15)14-37-20-12-11-18(31(35)36)13-19(20)21-22-24(38-25-23(21)39-28(34)29-25)27(33)30(26(22)32)17-9-3-2-4-10-17/h2-13,21-22,24H,14H2,1H3,(H,29,34)/t21-,22?,24?/m1/s1. The predicted octanol–water partition coefficient (Wildman–Crippen LogP) is 5.03. The molecule has 3 atom stereocenters. The van der Waals surface area contributed by atoms with Crippen LogP contribution in [0.5, 0.6) is 5.75 Å². The van der Waals surface area contributed by atoms with Crippen LogP contribution in [0, 0.1) is 23.0 Å². The van der Waals surface area contributed by atoms with Gasteiger partial charge in [0, 0.05) is 28.5 Å². The van der Waals surface area contributed by atoms with Gasteiger partial charge in [0.15, 0.2) is 0 Å². The topological polar surface area (TPSA) is 123 Å². The molecule has 6 rings (SSSR count). The SMILES string of the molecule is Cc1ccccc1COc1ccc([N+](=O)[O-])cc1[C@H]1c2sc(=O)[nH]c2SC2C(=O)N(c3ccccc3)C(=O)C21. The van der Waals surface area contributed by atoms with Crippen molar-refractivity contribution in [1.82, 2.24) is 4.98 Å². The average Bonchev–Trinajstić information content (AvgIpc) is 3.42. The smallest absolute Gasteiger partial charge is 0.305 e. The number of rotatable bonds is 6. The number of aryl methyl sites for hydroxylation is 1. The molecular formula is C28H21N3O6S2. The maximum absolute atomic E-state index is 13.9. The number of aromatic nitrogens is 1. The Morgan fingerprint density at radius 2 is 1.74 bits per heavy atom. The lowest BCUT2D eigenvalue weighted by Gasteiger charge is -2.30. The van der Waals surface area contributed by atoms with Crippen LogP contribution in [-0.2, 0) is 16.2 Å². The van der Waals surface area contributed by atoms with Crippen molar-refractivity contribution in [2.45, 2.75) is 29.7 Å². The quantitative estimate of drug-likeness (QED) is 0.200. The first kappa shape index (κ1) is 25.1. The molecule has 39 heavy (non-hydrogen) atoms. The molecule has 1 saturated heterocycles. The lowest BCUT2D eigenvalue weighted by atomic mass is 9.82. The molecule has 3 heterocycles. The van der Waals surface area contributed by atoms with Gasteiger partial charge in [0.1, 0.15) is 17.6 Å². The number of para-hydroxylation sites is 1. The zero-order chi connectivity index (χ0) is 27.3. The van der Waals surface area contributed by atoms with E-state index in [1.165, 1.54) is 23.1 Å². The van der Waals surface area contributed by atoms with Gasteiger partial charge in [-0.05, 0) is 36.2 Å². The number of thiazole rings is 1. The molecule has 0 spiro atoms. The van der Waals surface area contributed by atoms with Gasteiger partial charge < -0.3 is 9.72 Å². The summed E-state index contributed by atoms with van der Waals surface area (Å²) in [5.41, 5.74) is 2.63. The van der Waals surface area contributed by atoms with E-state index in [0.29, 0.717) is 26.9 Å². The molecule has 1 aromatic heterocycles. The maximum Gasteiger partial charge on any atom is 0.305 e. The summed E-state index contributed by atoms with van der Waals surface area (Å²) in [4.78, 5) is 55.5. The van der Waals surface area contributed by atoms with E-state index in [9.17, 15) is 24.5 Å². The number of carbonyl (C=O) groups excluding carboxylic acids is 2. The van der Waals surface area contributed by atoms with Crippen LogP contribution in [0.2, 0.25) is 0 Å². The summed E-state index contributed by atoms with van der Waals surface area (Å²) in [7, 11) is 0. The van der Waals surface area contributed by atoms with E-state index in [2.05, 4.69) is 4.98 Å². The van der Waals surface area contributed by atoms with Crippen molar-refractivity contribution in [3.8, 4) is 5.75 Å². The first-order valence-corrected chi connectivity index (χ1v) is 13.8. The van der Waals surface area contributed by atoms with E-state index in [1.807, 2.05) is 31.2 Å². The molecule has 1 N–H and O–H groups in total. The molecule has 196 valence electrons. The van der Waals surface area contributed by atoms with Crippen LogP contribution in [0.25, 0.3) is 0 Å². The molecule has 2 aliphatic heterocycles. The van der Waals surface area contributed by atoms with Crippen molar-refractivity contribution < 1.29 is 19.2 Å². The van der Waals surface area contributed by atoms with Gasteiger partial charge in [-0.15, -0.1) is 0 Å². The number of imide groups is 1. The highest BCUT2D eigenvalue weighted by Crippen LogP contribution is 2.55. The van der Waals surface area contributed by atoms with Gasteiger partial charge in [-0.25, -0.2) is 4.90 Å². The van der Waals surface area contributed by atoms with Crippen LogP contribution in [0.15, 0.2) is 82.6 Å². The number of anilines is 1. The number of carbonyl (C=O) groups is 2. The summed E-state index contributed by atoms with van der Waals surface area (Å²) in [6.07, 6.45) is 0. The molecule has 0 radical (unpaired) electrons. The van der Waals surface area contributed by atoms with Gasteiger partial charge in [0.05, 0.1) is 21.6 Å². The minimum atomic E-state index is -0.885. The highest BCUT2D eigenvalue weighted by atomic mass is 32.2. The summed E-state index contributed by atoms with van der Waals surface area (Å²) < 4.78 is 6.21. The number of fused-ring (bicyclic) bond motifs is 2. The minimum absolute atomic E-state index is 0.177. The van der Waals surface area contributed by atoms with E-state index in [4.69, 9.17) is 4.74 Å². The normalized spacial score (nSPS) is 20.0. The number of non-ortho nitro benzene ring substituents is 1. The van der Waals surface area contributed by atoms with Gasteiger partial charge in [0.2, 0.25) is 11.8 Å². The molecule has 1 fully saturated rings. The van der Waals surface area contributed by atoms with Gasteiger partial charge in [-0.2, -0.15) is 0 Å². The Morgan fingerprint density at radius 3 is 2.49 bits per heavy atom. The first-order chi connectivity index (χ1) is 18.8. The highest BCUT2D eigenvalue weighted by molar-refractivity contribution is 8.00. The third-order valence-corrected chi connectivity index (χ3v) is 9.42. The van der Waals surface area contributed by atoms with Gasteiger partial charge in [-0.3, -0.25) is 24.5 Å². The lowest BCUT2D eigenvalue weighted by Crippen LogP contribution is -2.32. The maximum atomic E-state index is 13.9. The Bertz CT molecular complexity index is 1680. The zero-order valence-corrected chi connectivity index (χ0v) is 22.2. The number of amides is 2. The molecule has 0 saturated carbocycles. The second-order valence-electron chi connectivity index (χ2n) is 9.29. The lowest BCUT2D eigenvalue weighted by molar-refractivity contribution is -0.385.